The van der Waals surface area contributed by atoms with Crippen molar-refractivity contribution in [2.24, 2.45) is 0 Å². The standard InChI is InChI=1S/C12H13F4N2O/c13-11(14)12(15,16)19-10-3-1-9(2-4-10)18-7-5-17-6-8-18/h1-4,11H,5-8H2. The largest absolute Gasteiger partial charge is 0.461 e. The van der Waals surface area contributed by atoms with Crippen LogP contribution in [0.15, 0.2) is 24.3 Å². The topological polar surface area (TPSA) is 26.6 Å². The van der Waals surface area contributed by atoms with Crippen LogP contribution in [0.1, 0.15) is 0 Å². The maximum absolute atomic E-state index is 12.7. The highest BCUT2D eigenvalue weighted by Gasteiger charge is 2.43. The second-order valence-electron chi connectivity index (χ2n) is 4.12. The Kier molecular flexibility index (Phi) is 4.14. The van der Waals surface area contributed by atoms with Gasteiger partial charge in [0, 0.05) is 31.9 Å². The van der Waals surface area contributed by atoms with Gasteiger partial charge in [-0.25, -0.2) is 5.32 Å². The predicted molar refractivity (Wildman–Crippen MR) is 62.1 cm³/mol. The fraction of sp³-hybridized carbons (Fsp3) is 0.500. The van der Waals surface area contributed by atoms with Gasteiger partial charge < -0.3 is 9.64 Å². The van der Waals surface area contributed by atoms with Crippen molar-refractivity contribution in [2.45, 2.75) is 12.5 Å². The third-order valence-corrected chi connectivity index (χ3v) is 2.77. The maximum Gasteiger partial charge on any atom is 0.461 e. The first-order chi connectivity index (χ1) is 8.99. The molecule has 0 spiro atoms. The SMILES string of the molecule is FC(F)C(F)(F)Oc1ccc(N2CC[N]CC2)cc1. The molecule has 0 unspecified atom stereocenters. The van der Waals surface area contributed by atoms with Crippen LogP contribution >= 0.6 is 0 Å². The van der Waals surface area contributed by atoms with Gasteiger partial charge in [-0.05, 0) is 24.3 Å². The Labute approximate surface area is 108 Å². The van der Waals surface area contributed by atoms with E-state index in [9.17, 15) is 17.6 Å². The van der Waals surface area contributed by atoms with Gasteiger partial charge >= 0.3 is 12.5 Å². The molecule has 1 aliphatic heterocycles. The summed E-state index contributed by atoms with van der Waals surface area (Å²) in [4.78, 5) is 2.04. The van der Waals surface area contributed by atoms with Gasteiger partial charge in [0.05, 0.1) is 0 Å². The van der Waals surface area contributed by atoms with Gasteiger partial charge in [-0.15, -0.1) is 0 Å². The van der Waals surface area contributed by atoms with E-state index in [1.807, 2.05) is 4.90 Å². The van der Waals surface area contributed by atoms with Gasteiger partial charge in [0.15, 0.2) is 0 Å². The average Bonchev–Trinajstić information content (AvgIpc) is 2.40. The van der Waals surface area contributed by atoms with Crippen LogP contribution in [-0.4, -0.2) is 38.7 Å². The number of hydrogen-bond acceptors (Lipinski definition) is 2. The first-order valence-electron chi connectivity index (χ1n) is 5.82. The van der Waals surface area contributed by atoms with Crippen molar-refractivity contribution in [2.75, 3.05) is 31.1 Å². The Morgan fingerprint density at radius 3 is 2.21 bits per heavy atom. The summed E-state index contributed by atoms with van der Waals surface area (Å²) in [5, 5.41) is 4.19. The normalized spacial score (nSPS) is 16.8. The first kappa shape index (κ1) is 13.9. The number of hydrogen-bond donors (Lipinski definition) is 0. The molecule has 1 radical (unpaired) electrons. The molecule has 1 aromatic rings. The lowest BCUT2D eigenvalue weighted by Gasteiger charge is -2.28. The Balaban J connectivity index is 2.02. The minimum Gasteiger partial charge on any atom is -0.428 e. The lowest BCUT2D eigenvalue weighted by Crippen LogP contribution is -2.40. The van der Waals surface area contributed by atoms with E-state index in [1.54, 1.807) is 12.1 Å². The molecule has 105 valence electrons. The summed E-state index contributed by atoms with van der Waals surface area (Å²) >= 11 is 0. The Morgan fingerprint density at radius 1 is 1.11 bits per heavy atom. The van der Waals surface area contributed by atoms with E-state index in [1.165, 1.54) is 12.1 Å². The van der Waals surface area contributed by atoms with Crippen LogP contribution in [0.25, 0.3) is 0 Å². The van der Waals surface area contributed by atoms with Gasteiger partial charge in [-0.1, -0.05) is 0 Å². The quantitative estimate of drug-likeness (QED) is 0.790. The van der Waals surface area contributed by atoms with Crippen molar-refractivity contribution >= 4 is 5.69 Å². The fourth-order valence-corrected chi connectivity index (χ4v) is 1.79. The van der Waals surface area contributed by atoms with Gasteiger partial charge in [-0.2, -0.15) is 17.6 Å². The van der Waals surface area contributed by atoms with Crippen molar-refractivity contribution in [3.8, 4) is 5.75 Å². The monoisotopic (exact) mass is 277 g/mol. The minimum absolute atomic E-state index is 0.282. The molecular weight excluding hydrogens is 264 g/mol. The van der Waals surface area contributed by atoms with Crippen LogP contribution in [0.3, 0.4) is 0 Å². The van der Waals surface area contributed by atoms with Gasteiger partial charge in [-0.3, -0.25) is 0 Å². The average molecular weight is 277 g/mol. The van der Waals surface area contributed by atoms with Gasteiger partial charge in [0.2, 0.25) is 0 Å². The number of alkyl halides is 4. The number of rotatable bonds is 4. The number of halogens is 4. The van der Waals surface area contributed by atoms with Crippen molar-refractivity contribution in [3.05, 3.63) is 24.3 Å². The zero-order valence-electron chi connectivity index (χ0n) is 10.0. The van der Waals surface area contributed by atoms with Crippen LogP contribution < -0.4 is 15.0 Å². The summed E-state index contributed by atoms with van der Waals surface area (Å²) in [5.41, 5.74) is 0.836. The van der Waals surface area contributed by atoms with Crippen LogP contribution in [0.2, 0.25) is 0 Å². The van der Waals surface area contributed by atoms with Crippen molar-refractivity contribution < 1.29 is 22.3 Å². The molecule has 19 heavy (non-hydrogen) atoms. The highest BCUT2D eigenvalue weighted by molar-refractivity contribution is 5.49. The van der Waals surface area contributed by atoms with Gasteiger partial charge in [0.25, 0.3) is 0 Å². The van der Waals surface area contributed by atoms with Crippen LogP contribution in [0.5, 0.6) is 5.75 Å². The molecule has 0 aliphatic carbocycles. The molecule has 1 aromatic carbocycles. The second kappa shape index (κ2) is 5.64. The molecule has 0 N–H and O–H groups in total. The zero-order valence-corrected chi connectivity index (χ0v) is 10.0. The number of benzene rings is 1. The molecule has 1 fully saturated rings. The number of piperazine rings is 1. The van der Waals surface area contributed by atoms with E-state index in [4.69, 9.17) is 0 Å². The lowest BCUT2D eigenvalue weighted by molar-refractivity contribution is -0.253. The molecule has 1 saturated heterocycles. The molecule has 3 nitrogen and oxygen atoms in total. The summed E-state index contributed by atoms with van der Waals surface area (Å²) in [5.74, 6) is -0.282. The molecular formula is C12H13F4N2O. The third kappa shape index (κ3) is 3.50. The molecule has 1 heterocycles. The van der Waals surface area contributed by atoms with E-state index in [0.717, 1.165) is 31.9 Å². The molecule has 7 heteroatoms. The number of ether oxygens (including phenoxy) is 1. The summed E-state index contributed by atoms with van der Waals surface area (Å²) < 4.78 is 53.3. The maximum atomic E-state index is 12.7. The summed E-state index contributed by atoms with van der Waals surface area (Å²) in [6.45, 7) is 2.96. The van der Waals surface area contributed by atoms with E-state index in [2.05, 4.69) is 10.1 Å². The Bertz CT molecular complexity index is 405. The summed E-state index contributed by atoms with van der Waals surface area (Å²) in [7, 11) is 0. The highest BCUT2D eigenvalue weighted by atomic mass is 19.3. The Morgan fingerprint density at radius 2 is 1.68 bits per heavy atom. The highest BCUT2D eigenvalue weighted by Crippen LogP contribution is 2.28. The smallest absolute Gasteiger partial charge is 0.428 e. The summed E-state index contributed by atoms with van der Waals surface area (Å²) in [6.07, 6.45) is -8.32. The van der Waals surface area contributed by atoms with E-state index in [0.29, 0.717) is 0 Å². The van der Waals surface area contributed by atoms with Crippen molar-refractivity contribution in [1.29, 1.82) is 0 Å². The molecule has 0 saturated carbocycles. The van der Waals surface area contributed by atoms with Crippen LogP contribution in [0.4, 0.5) is 23.2 Å². The van der Waals surface area contributed by atoms with Gasteiger partial charge in [0.1, 0.15) is 5.75 Å². The molecule has 0 bridgehead atoms. The van der Waals surface area contributed by atoms with E-state index in [-0.39, 0.29) is 5.75 Å². The van der Waals surface area contributed by atoms with E-state index < -0.39 is 12.5 Å². The van der Waals surface area contributed by atoms with Crippen molar-refractivity contribution in [3.63, 3.8) is 0 Å². The number of nitrogens with zero attached hydrogens (tertiary/aromatic N) is 2. The zero-order chi connectivity index (χ0) is 13.9. The predicted octanol–water partition coefficient (Wildman–Crippen LogP) is 2.35. The molecule has 0 aromatic heterocycles. The second-order valence-corrected chi connectivity index (χ2v) is 4.12. The van der Waals surface area contributed by atoms with Crippen LogP contribution in [-0.2, 0) is 0 Å². The van der Waals surface area contributed by atoms with Crippen LogP contribution in [0, 0.1) is 0 Å². The first-order valence-corrected chi connectivity index (χ1v) is 5.82. The minimum atomic E-state index is -4.47. The fourth-order valence-electron chi connectivity index (χ4n) is 1.79. The summed E-state index contributed by atoms with van der Waals surface area (Å²) in [6, 6.07) is 5.67. The van der Waals surface area contributed by atoms with E-state index >= 15 is 0 Å². The third-order valence-electron chi connectivity index (χ3n) is 2.77. The Hall–Kier alpha value is -1.50. The lowest BCUT2D eigenvalue weighted by atomic mass is 10.2. The number of anilines is 1. The molecule has 0 atom stereocenters. The molecule has 1 aliphatic rings. The van der Waals surface area contributed by atoms with Crippen molar-refractivity contribution in [1.82, 2.24) is 5.32 Å². The molecule has 0 amide bonds. The molecule has 2 rings (SSSR count).